The molecule has 26 heavy (non-hydrogen) atoms. The summed E-state index contributed by atoms with van der Waals surface area (Å²) in [6, 6.07) is 11.7. The molecule has 2 N–H and O–H groups in total. The predicted octanol–water partition coefficient (Wildman–Crippen LogP) is 1.62. The molecule has 2 aromatic rings. The standard InChI is InChI=1S/C18H22O6S2/c1-13-3-7-16(8-4-13)25(21,22)18(11-15(20)12-19)26(23,24)17-9-5-14(2)6-10-17/h3-10,15,18-20H,11-12H2,1-2H3. The van der Waals surface area contributed by atoms with Crippen LogP contribution in [0.4, 0.5) is 0 Å². The van der Waals surface area contributed by atoms with Gasteiger partial charge in [0.15, 0.2) is 24.3 Å². The normalized spacial score (nSPS) is 13.7. The Morgan fingerprint density at radius 3 is 1.42 bits per heavy atom. The summed E-state index contributed by atoms with van der Waals surface area (Å²) in [5.41, 5.74) is 1.66. The molecule has 0 spiro atoms. The lowest BCUT2D eigenvalue weighted by molar-refractivity contribution is 0.0909. The van der Waals surface area contributed by atoms with E-state index in [2.05, 4.69) is 0 Å². The number of sulfone groups is 2. The maximum Gasteiger partial charge on any atom is 0.196 e. The molecule has 6 nitrogen and oxygen atoms in total. The minimum atomic E-state index is -4.30. The first-order valence-electron chi connectivity index (χ1n) is 7.99. The van der Waals surface area contributed by atoms with Gasteiger partial charge in [-0.15, -0.1) is 0 Å². The van der Waals surface area contributed by atoms with E-state index in [1.54, 1.807) is 38.1 Å². The van der Waals surface area contributed by atoms with Crippen LogP contribution in [0.1, 0.15) is 17.5 Å². The summed E-state index contributed by atoms with van der Waals surface area (Å²) >= 11 is 0. The zero-order valence-corrected chi connectivity index (χ0v) is 16.2. The van der Waals surface area contributed by atoms with Crippen LogP contribution in [0.15, 0.2) is 58.3 Å². The van der Waals surface area contributed by atoms with Crippen molar-refractivity contribution in [3.63, 3.8) is 0 Å². The largest absolute Gasteiger partial charge is 0.394 e. The Labute approximate surface area is 154 Å². The van der Waals surface area contributed by atoms with Crippen molar-refractivity contribution in [3.05, 3.63) is 59.7 Å². The molecule has 2 aromatic carbocycles. The summed E-state index contributed by atoms with van der Waals surface area (Å²) in [5, 5.41) is 18.8. The number of aliphatic hydroxyl groups is 2. The molecular weight excluding hydrogens is 376 g/mol. The summed E-state index contributed by atoms with van der Waals surface area (Å²) in [4.78, 5) is -0.289. The van der Waals surface area contributed by atoms with E-state index in [0.29, 0.717) is 0 Å². The third-order valence-electron chi connectivity index (χ3n) is 4.07. The van der Waals surface area contributed by atoms with Gasteiger partial charge in [-0.1, -0.05) is 35.4 Å². The fourth-order valence-corrected chi connectivity index (χ4v) is 7.07. The Bertz CT molecular complexity index is 870. The molecular formula is C18H22O6S2. The quantitative estimate of drug-likeness (QED) is 0.734. The van der Waals surface area contributed by atoms with Crippen molar-refractivity contribution < 1.29 is 27.0 Å². The molecule has 0 aliphatic heterocycles. The molecule has 0 bridgehead atoms. The Hall–Kier alpha value is -1.74. The monoisotopic (exact) mass is 398 g/mol. The molecule has 0 radical (unpaired) electrons. The fraction of sp³-hybridized carbons (Fsp3) is 0.333. The zero-order valence-electron chi connectivity index (χ0n) is 14.5. The summed E-state index contributed by atoms with van der Waals surface area (Å²) in [5.74, 6) is 0. The van der Waals surface area contributed by atoms with Crippen LogP contribution in [0, 0.1) is 13.8 Å². The molecule has 0 aromatic heterocycles. The van der Waals surface area contributed by atoms with Gasteiger partial charge < -0.3 is 10.2 Å². The van der Waals surface area contributed by atoms with E-state index in [1.807, 2.05) is 0 Å². The van der Waals surface area contributed by atoms with Gasteiger partial charge in [-0.3, -0.25) is 0 Å². The molecule has 142 valence electrons. The number of benzene rings is 2. The van der Waals surface area contributed by atoms with E-state index in [0.717, 1.165) is 11.1 Å². The van der Waals surface area contributed by atoms with Gasteiger partial charge in [0, 0.05) is 6.42 Å². The number of hydrogen-bond acceptors (Lipinski definition) is 6. The second-order valence-electron chi connectivity index (χ2n) is 6.22. The minimum Gasteiger partial charge on any atom is -0.394 e. The van der Waals surface area contributed by atoms with Crippen LogP contribution in [0.2, 0.25) is 0 Å². The second kappa shape index (κ2) is 7.87. The lowest BCUT2D eigenvalue weighted by atomic mass is 10.2. The van der Waals surface area contributed by atoms with Crippen LogP contribution in [0.25, 0.3) is 0 Å². The van der Waals surface area contributed by atoms with Crippen LogP contribution in [0.5, 0.6) is 0 Å². The molecule has 0 heterocycles. The van der Waals surface area contributed by atoms with E-state index in [9.17, 15) is 21.9 Å². The smallest absolute Gasteiger partial charge is 0.196 e. The maximum absolute atomic E-state index is 13.0. The lowest BCUT2D eigenvalue weighted by Gasteiger charge is -2.20. The summed E-state index contributed by atoms with van der Waals surface area (Å²) in [6.07, 6.45) is -2.09. The summed E-state index contributed by atoms with van der Waals surface area (Å²) < 4.78 is 50.1. The number of rotatable bonds is 7. The number of hydrogen-bond donors (Lipinski definition) is 2. The molecule has 0 fully saturated rings. The maximum atomic E-state index is 13.0. The van der Waals surface area contributed by atoms with Crippen molar-refractivity contribution in [2.45, 2.75) is 40.7 Å². The molecule has 2 rings (SSSR count). The average Bonchev–Trinajstić information content (AvgIpc) is 2.59. The Balaban J connectivity index is 2.59. The highest BCUT2D eigenvalue weighted by Gasteiger charge is 2.41. The molecule has 0 amide bonds. The minimum absolute atomic E-state index is 0.145. The topological polar surface area (TPSA) is 109 Å². The highest BCUT2D eigenvalue weighted by Crippen LogP contribution is 2.29. The molecule has 0 saturated carbocycles. The van der Waals surface area contributed by atoms with Crippen molar-refractivity contribution in [1.29, 1.82) is 0 Å². The van der Waals surface area contributed by atoms with Gasteiger partial charge in [0.25, 0.3) is 0 Å². The summed E-state index contributed by atoms with van der Waals surface area (Å²) in [6.45, 7) is 2.84. The Morgan fingerprint density at radius 2 is 1.12 bits per heavy atom. The van der Waals surface area contributed by atoms with Gasteiger partial charge in [-0.05, 0) is 38.1 Å². The predicted molar refractivity (Wildman–Crippen MR) is 98.2 cm³/mol. The van der Waals surface area contributed by atoms with Crippen LogP contribution in [-0.4, -0.2) is 44.3 Å². The molecule has 1 atom stereocenters. The molecule has 1 unspecified atom stereocenters. The van der Waals surface area contributed by atoms with Gasteiger partial charge >= 0.3 is 0 Å². The highest BCUT2D eigenvalue weighted by molar-refractivity contribution is 8.09. The van der Waals surface area contributed by atoms with Crippen LogP contribution in [-0.2, 0) is 19.7 Å². The van der Waals surface area contributed by atoms with Crippen molar-refractivity contribution in [2.24, 2.45) is 0 Å². The SMILES string of the molecule is Cc1ccc(S(=O)(=O)C(CC(O)CO)S(=O)(=O)c2ccc(C)cc2)cc1. The third kappa shape index (κ3) is 4.32. The van der Waals surface area contributed by atoms with E-state index < -0.39 is 43.4 Å². The fourth-order valence-electron chi connectivity index (χ4n) is 2.48. The molecule has 0 aliphatic rings. The number of aliphatic hydroxyl groups excluding tert-OH is 2. The van der Waals surface area contributed by atoms with Crippen LogP contribution >= 0.6 is 0 Å². The zero-order chi connectivity index (χ0) is 19.5. The van der Waals surface area contributed by atoms with Gasteiger partial charge in [0.2, 0.25) is 0 Å². The van der Waals surface area contributed by atoms with Crippen molar-refractivity contribution >= 4 is 19.7 Å². The van der Waals surface area contributed by atoms with E-state index in [1.165, 1.54) is 24.3 Å². The van der Waals surface area contributed by atoms with Crippen molar-refractivity contribution in [2.75, 3.05) is 6.61 Å². The summed E-state index contributed by atoms with van der Waals surface area (Å²) in [7, 11) is -8.60. The molecule has 0 saturated heterocycles. The lowest BCUT2D eigenvalue weighted by Crippen LogP contribution is -2.35. The Morgan fingerprint density at radius 1 is 0.769 bits per heavy atom. The molecule has 0 aliphatic carbocycles. The van der Waals surface area contributed by atoms with Crippen LogP contribution in [0.3, 0.4) is 0 Å². The first-order chi connectivity index (χ1) is 12.1. The van der Waals surface area contributed by atoms with Crippen molar-refractivity contribution in [3.8, 4) is 0 Å². The highest BCUT2D eigenvalue weighted by atomic mass is 32.3. The van der Waals surface area contributed by atoms with Gasteiger partial charge in [0.05, 0.1) is 22.5 Å². The van der Waals surface area contributed by atoms with Crippen LogP contribution < -0.4 is 0 Å². The van der Waals surface area contributed by atoms with E-state index in [4.69, 9.17) is 5.11 Å². The first-order valence-corrected chi connectivity index (χ1v) is 11.1. The van der Waals surface area contributed by atoms with E-state index in [-0.39, 0.29) is 9.79 Å². The third-order valence-corrected chi connectivity index (χ3v) is 9.21. The van der Waals surface area contributed by atoms with E-state index >= 15 is 0 Å². The first kappa shape index (κ1) is 20.6. The average molecular weight is 399 g/mol. The van der Waals surface area contributed by atoms with Gasteiger partial charge in [0.1, 0.15) is 0 Å². The van der Waals surface area contributed by atoms with Gasteiger partial charge in [-0.2, -0.15) is 0 Å². The molecule has 8 heteroatoms. The van der Waals surface area contributed by atoms with Gasteiger partial charge in [-0.25, -0.2) is 16.8 Å². The van der Waals surface area contributed by atoms with Crippen molar-refractivity contribution in [1.82, 2.24) is 0 Å². The second-order valence-corrected chi connectivity index (χ2v) is 10.8. The Kier molecular flexibility index (Phi) is 6.23. The number of aryl methyl sites for hydroxylation is 2.